The van der Waals surface area contributed by atoms with Crippen LogP contribution in [0.4, 0.5) is 4.79 Å². The minimum Gasteiger partial charge on any atom is -0.480 e. The molecule has 0 spiro atoms. The molecular formula is C13H24N2O4. The fourth-order valence-corrected chi connectivity index (χ4v) is 2.41. The number of carboxylic acids is 1. The van der Waals surface area contributed by atoms with Gasteiger partial charge in [-0.15, -0.1) is 0 Å². The van der Waals surface area contributed by atoms with Crippen molar-refractivity contribution < 1.29 is 19.4 Å². The molecule has 1 saturated carbocycles. The van der Waals surface area contributed by atoms with Gasteiger partial charge in [0, 0.05) is 20.2 Å². The number of ether oxygens (including phenoxy) is 1. The Morgan fingerprint density at radius 2 is 2.05 bits per heavy atom. The Balaban J connectivity index is 2.26. The van der Waals surface area contributed by atoms with Gasteiger partial charge in [0.05, 0.1) is 6.61 Å². The number of carboxylic acid groups (broad SMARTS) is 1. The van der Waals surface area contributed by atoms with Crippen LogP contribution >= 0.6 is 0 Å². The lowest BCUT2D eigenvalue weighted by molar-refractivity contribution is -0.137. The van der Waals surface area contributed by atoms with Crippen LogP contribution in [0, 0.1) is 5.92 Å². The molecule has 0 atom stereocenters. The zero-order valence-electron chi connectivity index (χ0n) is 11.6. The predicted octanol–water partition coefficient (Wildman–Crippen LogP) is 1.31. The maximum absolute atomic E-state index is 11.9. The summed E-state index contributed by atoms with van der Waals surface area (Å²) < 4.78 is 4.88. The molecule has 1 rings (SSSR count). The molecule has 1 aliphatic rings. The van der Waals surface area contributed by atoms with Gasteiger partial charge >= 0.3 is 12.0 Å². The minimum absolute atomic E-state index is 0.290. The molecule has 6 nitrogen and oxygen atoms in total. The molecule has 6 heteroatoms. The summed E-state index contributed by atoms with van der Waals surface area (Å²) in [6.07, 6.45) is 6.06. The number of urea groups is 1. The van der Waals surface area contributed by atoms with Gasteiger partial charge in [-0.1, -0.05) is 25.7 Å². The largest absolute Gasteiger partial charge is 0.480 e. The molecule has 0 unspecified atom stereocenters. The van der Waals surface area contributed by atoms with Crippen LogP contribution in [-0.2, 0) is 9.53 Å². The number of rotatable bonds is 8. The minimum atomic E-state index is -1.01. The van der Waals surface area contributed by atoms with Gasteiger partial charge in [-0.2, -0.15) is 0 Å². The number of hydrogen-bond donors (Lipinski definition) is 2. The van der Waals surface area contributed by atoms with E-state index in [4.69, 9.17) is 9.84 Å². The average Bonchev–Trinajstić information content (AvgIpc) is 2.87. The molecule has 110 valence electrons. The normalized spacial score (nSPS) is 15.4. The topological polar surface area (TPSA) is 78.9 Å². The zero-order valence-corrected chi connectivity index (χ0v) is 11.6. The standard InChI is InChI=1S/C13H24N2O4/c1-19-9-8-15(10-12(16)17)13(18)14-7-6-11-4-2-3-5-11/h11H,2-10H2,1H3,(H,14,18)(H,16,17). The first-order valence-corrected chi connectivity index (χ1v) is 6.87. The number of carbonyl (C=O) groups excluding carboxylic acids is 1. The summed E-state index contributed by atoms with van der Waals surface area (Å²) in [5.74, 6) is -0.297. The van der Waals surface area contributed by atoms with Gasteiger partial charge in [0.2, 0.25) is 0 Å². The van der Waals surface area contributed by atoms with Crippen molar-refractivity contribution >= 4 is 12.0 Å². The highest BCUT2D eigenvalue weighted by atomic mass is 16.5. The number of aliphatic carboxylic acids is 1. The first-order chi connectivity index (χ1) is 9.13. The number of amides is 2. The Morgan fingerprint density at radius 3 is 2.63 bits per heavy atom. The smallest absolute Gasteiger partial charge is 0.323 e. The van der Waals surface area contributed by atoms with E-state index in [0.29, 0.717) is 19.1 Å². The van der Waals surface area contributed by atoms with E-state index in [9.17, 15) is 9.59 Å². The third kappa shape index (κ3) is 6.42. The Labute approximate surface area is 114 Å². The van der Waals surface area contributed by atoms with Gasteiger partial charge in [0.15, 0.2) is 0 Å². The third-order valence-corrected chi connectivity index (χ3v) is 3.48. The van der Waals surface area contributed by atoms with Crippen LogP contribution in [0.2, 0.25) is 0 Å². The molecule has 19 heavy (non-hydrogen) atoms. The summed E-state index contributed by atoms with van der Waals surface area (Å²) >= 11 is 0. The van der Waals surface area contributed by atoms with E-state index in [1.165, 1.54) is 37.7 Å². The van der Waals surface area contributed by atoms with Crippen molar-refractivity contribution in [3.05, 3.63) is 0 Å². The molecule has 2 amide bonds. The molecule has 2 N–H and O–H groups in total. The average molecular weight is 272 g/mol. The molecule has 0 aromatic rings. The first kappa shape index (κ1) is 15.8. The third-order valence-electron chi connectivity index (χ3n) is 3.48. The Hall–Kier alpha value is -1.30. The molecule has 0 heterocycles. The van der Waals surface area contributed by atoms with Crippen LogP contribution in [0.3, 0.4) is 0 Å². The second kappa shape index (κ2) is 8.74. The van der Waals surface area contributed by atoms with Gasteiger partial charge in [0.25, 0.3) is 0 Å². The van der Waals surface area contributed by atoms with Gasteiger partial charge < -0.3 is 20.1 Å². The number of hydrogen-bond acceptors (Lipinski definition) is 3. The second-order valence-corrected chi connectivity index (χ2v) is 4.98. The SMILES string of the molecule is COCCN(CC(=O)O)C(=O)NCCC1CCCC1. The molecule has 0 aliphatic heterocycles. The number of methoxy groups -OCH3 is 1. The summed E-state index contributed by atoms with van der Waals surface area (Å²) in [5, 5.41) is 11.6. The van der Waals surface area contributed by atoms with Gasteiger partial charge in [-0.05, 0) is 12.3 Å². The van der Waals surface area contributed by atoms with Crippen molar-refractivity contribution in [1.29, 1.82) is 0 Å². The molecule has 0 radical (unpaired) electrons. The maximum Gasteiger partial charge on any atom is 0.323 e. The summed E-state index contributed by atoms with van der Waals surface area (Å²) in [7, 11) is 1.52. The van der Waals surface area contributed by atoms with Crippen molar-refractivity contribution in [2.24, 2.45) is 5.92 Å². The Bertz CT molecular complexity index is 290. The summed E-state index contributed by atoms with van der Waals surface area (Å²) in [6, 6.07) is -0.322. The van der Waals surface area contributed by atoms with E-state index >= 15 is 0 Å². The lowest BCUT2D eigenvalue weighted by atomic mass is 10.0. The zero-order chi connectivity index (χ0) is 14.1. The van der Waals surface area contributed by atoms with E-state index in [-0.39, 0.29) is 19.1 Å². The fraction of sp³-hybridized carbons (Fsp3) is 0.846. The Kier molecular flexibility index (Phi) is 7.25. The lowest BCUT2D eigenvalue weighted by Gasteiger charge is -2.21. The fourth-order valence-electron chi connectivity index (χ4n) is 2.41. The summed E-state index contributed by atoms with van der Waals surface area (Å²) in [6.45, 7) is 0.951. The van der Waals surface area contributed by atoms with E-state index in [1.807, 2.05) is 0 Å². The van der Waals surface area contributed by atoms with Gasteiger partial charge in [0.1, 0.15) is 6.54 Å². The molecule has 0 bridgehead atoms. The van der Waals surface area contributed by atoms with Crippen LogP contribution in [-0.4, -0.2) is 55.4 Å². The highest BCUT2D eigenvalue weighted by Crippen LogP contribution is 2.26. The predicted molar refractivity (Wildman–Crippen MR) is 71.1 cm³/mol. The molecule has 1 aliphatic carbocycles. The van der Waals surface area contributed by atoms with Crippen molar-refractivity contribution in [3.8, 4) is 0 Å². The quantitative estimate of drug-likeness (QED) is 0.698. The highest BCUT2D eigenvalue weighted by molar-refractivity contribution is 5.80. The van der Waals surface area contributed by atoms with Crippen molar-refractivity contribution in [3.63, 3.8) is 0 Å². The van der Waals surface area contributed by atoms with Crippen LogP contribution in [0.5, 0.6) is 0 Å². The van der Waals surface area contributed by atoms with E-state index in [2.05, 4.69) is 5.32 Å². The van der Waals surface area contributed by atoms with Gasteiger partial charge in [-0.3, -0.25) is 4.79 Å². The number of nitrogens with one attached hydrogen (secondary N) is 1. The number of carbonyl (C=O) groups is 2. The molecule has 0 saturated heterocycles. The monoisotopic (exact) mass is 272 g/mol. The van der Waals surface area contributed by atoms with Crippen LogP contribution in [0.15, 0.2) is 0 Å². The number of nitrogens with zero attached hydrogens (tertiary/aromatic N) is 1. The second-order valence-electron chi connectivity index (χ2n) is 4.98. The van der Waals surface area contributed by atoms with Crippen molar-refractivity contribution in [2.75, 3.05) is 33.4 Å². The summed E-state index contributed by atoms with van der Waals surface area (Å²) in [4.78, 5) is 23.8. The van der Waals surface area contributed by atoms with Crippen LogP contribution in [0.25, 0.3) is 0 Å². The van der Waals surface area contributed by atoms with Crippen LogP contribution < -0.4 is 5.32 Å². The molecule has 0 aromatic heterocycles. The maximum atomic E-state index is 11.9. The van der Waals surface area contributed by atoms with Gasteiger partial charge in [-0.25, -0.2) is 4.79 Å². The lowest BCUT2D eigenvalue weighted by Crippen LogP contribution is -2.44. The first-order valence-electron chi connectivity index (χ1n) is 6.87. The van der Waals surface area contributed by atoms with Crippen molar-refractivity contribution in [1.82, 2.24) is 10.2 Å². The molecule has 0 aromatic carbocycles. The Morgan fingerprint density at radius 1 is 1.37 bits per heavy atom. The molecular weight excluding hydrogens is 248 g/mol. The summed E-state index contributed by atoms with van der Waals surface area (Å²) in [5.41, 5.74) is 0. The molecule has 1 fully saturated rings. The highest BCUT2D eigenvalue weighted by Gasteiger charge is 2.18. The van der Waals surface area contributed by atoms with E-state index in [1.54, 1.807) is 0 Å². The van der Waals surface area contributed by atoms with E-state index in [0.717, 1.165) is 6.42 Å². The van der Waals surface area contributed by atoms with Crippen molar-refractivity contribution in [2.45, 2.75) is 32.1 Å². The van der Waals surface area contributed by atoms with E-state index < -0.39 is 5.97 Å². The van der Waals surface area contributed by atoms with Crippen LogP contribution in [0.1, 0.15) is 32.1 Å².